The van der Waals surface area contributed by atoms with E-state index in [0.717, 1.165) is 54.9 Å². The van der Waals surface area contributed by atoms with Gasteiger partial charge in [-0.2, -0.15) is 0 Å². The van der Waals surface area contributed by atoms with Crippen LogP contribution in [0.5, 0.6) is 0 Å². The second kappa shape index (κ2) is 5.20. The third-order valence-corrected chi connectivity index (χ3v) is 6.84. The Kier molecular flexibility index (Phi) is 3.36. The molecule has 1 N–H and O–H groups in total. The topological polar surface area (TPSA) is 29.1 Å². The summed E-state index contributed by atoms with van der Waals surface area (Å²) >= 11 is 0. The van der Waals surface area contributed by atoms with Gasteiger partial charge in [-0.25, -0.2) is 0 Å². The van der Waals surface area contributed by atoms with Crippen LogP contribution in [-0.2, 0) is 4.79 Å². The number of rotatable bonds is 0. The monoisotopic (exact) mass is 273 g/mol. The van der Waals surface area contributed by atoms with Gasteiger partial charge >= 0.3 is 0 Å². The molecule has 1 saturated heterocycles. The molecule has 6 atom stereocenters. The highest BCUT2D eigenvalue weighted by atomic mass is 16.1. The lowest BCUT2D eigenvalue weighted by atomic mass is 9.55. The van der Waals surface area contributed by atoms with Crippen molar-refractivity contribution >= 4 is 5.91 Å². The molecule has 2 heteroatoms. The quantitative estimate of drug-likeness (QED) is 0.672. The van der Waals surface area contributed by atoms with Gasteiger partial charge in [0.25, 0.3) is 0 Å². The van der Waals surface area contributed by atoms with Crippen LogP contribution < -0.4 is 5.32 Å². The fourth-order valence-corrected chi connectivity index (χ4v) is 5.97. The summed E-state index contributed by atoms with van der Waals surface area (Å²) in [6.07, 6.45) is 15.2. The van der Waals surface area contributed by atoms with Crippen molar-refractivity contribution in [3.8, 4) is 0 Å². The summed E-state index contributed by atoms with van der Waals surface area (Å²) in [5, 5.41) is 3.11. The zero-order valence-corrected chi connectivity index (χ0v) is 12.4. The Labute approximate surface area is 122 Å². The lowest BCUT2D eigenvalue weighted by Crippen LogP contribution is -2.45. The Hall–Kier alpha value is -0.790. The van der Waals surface area contributed by atoms with Gasteiger partial charge in [-0.3, -0.25) is 4.79 Å². The summed E-state index contributed by atoms with van der Waals surface area (Å²) in [5.41, 5.74) is 0. The van der Waals surface area contributed by atoms with Gasteiger partial charge in [-0.1, -0.05) is 12.2 Å². The van der Waals surface area contributed by atoms with Crippen molar-refractivity contribution in [2.45, 2.75) is 51.4 Å². The molecule has 1 aliphatic heterocycles. The molecule has 0 aromatic rings. The molecule has 3 fully saturated rings. The molecule has 2 saturated carbocycles. The molecule has 0 radical (unpaired) electrons. The third kappa shape index (κ3) is 2.12. The summed E-state index contributed by atoms with van der Waals surface area (Å²) in [5.74, 6) is 5.85. The van der Waals surface area contributed by atoms with Crippen molar-refractivity contribution in [3.05, 3.63) is 12.2 Å². The first-order chi connectivity index (χ1) is 9.83. The number of carbonyl (C=O) groups is 1. The fourth-order valence-electron chi connectivity index (χ4n) is 5.97. The number of carbonyl (C=O) groups excluding carboxylic acids is 1. The van der Waals surface area contributed by atoms with Crippen LogP contribution >= 0.6 is 0 Å². The first-order valence-corrected chi connectivity index (χ1v) is 8.76. The van der Waals surface area contributed by atoms with Gasteiger partial charge in [0.05, 0.1) is 0 Å². The van der Waals surface area contributed by atoms with Gasteiger partial charge in [-0.15, -0.1) is 0 Å². The van der Waals surface area contributed by atoms with Crippen LogP contribution in [0.1, 0.15) is 51.4 Å². The van der Waals surface area contributed by atoms with E-state index in [2.05, 4.69) is 17.5 Å². The Balaban J connectivity index is 1.52. The van der Waals surface area contributed by atoms with Crippen LogP contribution in [0, 0.1) is 35.5 Å². The molecule has 4 rings (SSSR count). The molecular weight excluding hydrogens is 246 g/mol. The Morgan fingerprint density at radius 3 is 2.70 bits per heavy atom. The maximum atomic E-state index is 11.6. The fraction of sp³-hybridized carbons (Fsp3) is 0.833. The smallest absolute Gasteiger partial charge is 0.220 e. The Morgan fingerprint density at radius 2 is 1.75 bits per heavy atom. The summed E-state index contributed by atoms with van der Waals surface area (Å²) in [6.45, 7) is 0.926. The minimum atomic E-state index is 0.286. The minimum Gasteiger partial charge on any atom is -0.356 e. The minimum absolute atomic E-state index is 0.286. The molecule has 0 bridgehead atoms. The van der Waals surface area contributed by atoms with Gasteiger partial charge in [0.1, 0.15) is 0 Å². The lowest BCUT2D eigenvalue weighted by molar-refractivity contribution is -0.122. The molecule has 4 aliphatic rings. The molecular formula is C18H27NO. The molecule has 110 valence electrons. The number of nitrogens with one attached hydrogen (secondary N) is 1. The SMILES string of the molecule is O=C1CCC2CCC3C4CC=CC4CCC3C2CCN1. The van der Waals surface area contributed by atoms with Crippen molar-refractivity contribution in [1.82, 2.24) is 5.32 Å². The van der Waals surface area contributed by atoms with E-state index in [-0.39, 0.29) is 5.91 Å². The molecule has 1 amide bonds. The van der Waals surface area contributed by atoms with Crippen molar-refractivity contribution in [2.24, 2.45) is 35.5 Å². The zero-order valence-electron chi connectivity index (χ0n) is 12.4. The second-order valence-corrected chi connectivity index (χ2v) is 7.58. The highest BCUT2D eigenvalue weighted by molar-refractivity contribution is 5.75. The number of allylic oxidation sites excluding steroid dienone is 2. The maximum Gasteiger partial charge on any atom is 0.220 e. The standard InChI is InChI=1S/C18H27NO/c20-18-9-6-13-5-8-16-14-3-1-2-12(14)4-7-17(16)15(13)10-11-19-18/h1-2,12-17H,3-11H2,(H,19,20). The van der Waals surface area contributed by atoms with Gasteiger partial charge in [-0.05, 0) is 80.5 Å². The van der Waals surface area contributed by atoms with E-state index in [0.29, 0.717) is 0 Å². The highest BCUT2D eigenvalue weighted by Crippen LogP contribution is 2.55. The number of hydrogen-bond donors (Lipinski definition) is 1. The molecule has 1 heterocycles. The number of fused-ring (bicyclic) bond motifs is 5. The summed E-state index contributed by atoms with van der Waals surface area (Å²) in [6, 6.07) is 0. The third-order valence-electron chi connectivity index (χ3n) is 6.84. The van der Waals surface area contributed by atoms with E-state index >= 15 is 0 Å². The van der Waals surface area contributed by atoms with Crippen LogP contribution in [0.2, 0.25) is 0 Å². The normalized spacial score (nSPS) is 47.5. The van der Waals surface area contributed by atoms with Gasteiger partial charge in [0.2, 0.25) is 5.91 Å². The first-order valence-electron chi connectivity index (χ1n) is 8.76. The molecule has 2 nitrogen and oxygen atoms in total. The van der Waals surface area contributed by atoms with Gasteiger partial charge in [0.15, 0.2) is 0 Å². The average molecular weight is 273 g/mol. The van der Waals surface area contributed by atoms with Crippen LogP contribution in [-0.4, -0.2) is 12.5 Å². The predicted octanol–water partition coefficient (Wildman–Crippen LogP) is 3.53. The van der Waals surface area contributed by atoms with Crippen molar-refractivity contribution in [3.63, 3.8) is 0 Å². The van der Waals surface area contributed by atoms with E-state index < -0.39 is 0 Å². The van der Waals surface area contributed by atoms with Crippen LogP contribution in [0.15, 0.2) is 12.2 Å². The van der Waals surface area contributed by atoms with Gasteiger partial charge < -0.3 is 5.32 Å². The summed E-state index contributed by atoms with van der Waals surface area (Å²) in [7, 11) is 0. The largest absolute Gasteiger partial charge is 0.356 e. The van der Waals surface area contributed by atoms with Crippen LogP contribution in [0.3, 0.4) is 0 Å². The molecule has 20 heavy (non-hydrogen) atoms. The molecule has 6 unspecified atom stereocenters. The summed E-state index contributed by atoms with van der Waals surface area (Å²) < 4.78 is 0. The Morgan fingerprint density at radius 1 is 0.900 bits per heavy atom. The molecule has 0 aromatic carbocycles. The van der Waals surface area contributed by atoms with Crippen LogP contribution in [0.4, 0.5) is 0 Å². The first kappa shape index (κ1) is 12.9. The Bertz CT molecular complexity index is 416. The zero-order chi connectivity index (χ0) is 13.5. The summed E-state index contributed by atoms with van der Waals surface area (Å²) in [4.78, 5) is 11.6. The van der Waals surface area contributed by atoms with E-state index in [9.17, 15) is 4.79 Å². The maximum absolute atomic E-state index is 11.6. The van der Waals surface area contributed by atoms with Crippen molar-refractivity contribution in [1.29, 1.82) is 0 Å². The van der Waals surface area contributed by atoms with Crippen molar-refractivity contribution < 1.29 is 4.79 Å². The van der Waals surface area contributed by atoms with E-state index in [1.807, 2.05) is 0 Å². The van der Waals surface area contributed by atoms with E-state index in [1.165, 1.54) is 38.5 Å². The van der Waals surface area contributed by atoms with Gasteiger partial charge in [0, 0.05) is 13.0 Å². The average Bonchev–Trinajstić information content (AvgIpc) is 2.92. The molecule has 0 spiro atoms. The predicted molar refractivity (Wildman–Crippen MR) is 80.0 cm³/mol. The van der Waals surface area contributed by atoms with Crippen molar-refractivity contribution in [2.75, 3.05) is 6.54 Å². The van der Waals surface area contributed by atoms with Crippen LogP contribution in [0.25, 0.3) is 0 Å². The number of amides is 1. The second-order valence-electron chi connectivity index (χ2n) is 7.58. The lowest BCUT2D eigenvalue weighted by Gasteiger charge is -2.50. The molecule has 0 aromatic heterocycles. The van der Waals surface area contributed by atoms with E-state index in [1.54, 1.807) is 0 Å². The highest BCUT2D eigenvalue weighted by Gasteiger charge is 2.47. The molecule has 3 aliphatic carbocycles. The number of hydrogen-bond acceptors (Lipinski definition) is 1. The van der Waals surface area contributed by atoms with E-state index in [4.69, 9.17) is 0 Å².